The highest BCUT2D eigenvalue weighted by Crippen LogP contribution is 2.57. The van der Waals surface area contributed by atoms with Crippen LogP contribution >= 0.6 is 0 Å². The molecule has 0 aromatic heterocycles. The predicted molar refractivity (Wildman–Crippen MR) is 72.8 cm³/mol. The molecule has 0 aliphatic heterocycles. The van der Waals surface area contributed by atoms with Gasteiger partial charge in [0.1, 0.15) is 0 Å². The molecule has 0 aromatic rings. The third-order valence-electron chi connectivity index (χ3n) is 6.37. The first kappa shape index (κ1) is 13.4. The van der Waals surface area contributed by atoms with Gasteiger partial charge in [-0.3, -0.25) is 0 Å². The maximum atomic E-state index is 10.2. The van der Waals surface area contributed by atoms with Gasteiger partial charge in [0.25, 0.3) is 0 Å². The maximum absolute atomic E-state index is 10.2. The van der Waals surface area contributed by atoms with Gasteiger partial charge in [-0.1, -0.05) is 40.5 Å². The van der Waals surface area contributed by atoms with Gasteiger partial charge in [-0.05, 0) is 54.8 Å². The minimum absolute atomic E-state index is 0.135. The predicted octanol–water partition coefficient (Wildman–Crippen LogP) is 4.25. The molecule has 0 unspecified atom stereocenters. The highest BCUT2D eigenvalue weighted by atomic mass is 16.3. The van der Waals surface area contributed by atoms with Gasteiger partial charge >= 0.3 is 0 Å². The molecule has 0 aromatic carbocycles. The molecule has 1 heteroatoms. The Bertz CT molecular complexity index is 281. The third kappa shape index (κ3) is 2.16. The second-order valence-electron chi connectivity index (χ2n) is 7.77. The van der Waals surface area contributed by atoms with Crippen LogP contribution in [0.2, 0.25) is 0 Å². The summed E-state index contributed by atoms with van der Waals surface area (Å²) in [4.78, 5) is 0. The van der Waals surface area contributed by atoms with Crippen molar-refractivity contribution in [2.24, 2.45) is 28.6 Å². The molecule has 2 saturated carbocycles. The van der Waals surface area contributed by atoms with Crippen molar-refractivity contribution in [3.8, 4) is 0 Å². The summed E-state index contributed by atoms with van der Waals surface area (Å²) < 4.78 is 0. The SMILES string of the molecule is C[C@H](O)[C@]1(C)C[C@H]2[C@H](CCCC2(C)C)C[C@@H]1C. The van der Waals surface area contributed by atoms with Gasteiger partial charge in [-0.15, -0.1) is 0 Å². The normalized spacial score (nSPS) is 47.3. The molecule has 2 fully saturated rings. The molecule has 2 aliphatic carbocycles. The summed E-state index contributed by atoms with van der Waals surface area (Å²) in [5, 5.41) is 10.2. The lowest BCUT2D eigenvalue weighted by Crippen LogP contribution is -2.49. The van der Waals surface area contributed by atoms with E-state index in [1.54, 1.807) is 0 Å². The molecule has 2 rings (SSSR count). The summed E-state index contributed by atoms with van der Waals surface area (Å²) >= 11 is 0. The van der Waals surface area contributed by atoms with Crippen LogP contribution in [-0.4, -0.2) is 11.2 Å². The van der Waals surface area contributed by atoms with Crippen LogP contribution < -0.4 is 0 Å². The Morgan fingerprint density at radius 1 is 1.24 bits per heavy atom. The first-order valence-electron chi connectivity index (χ1n) is 7.45. The van der Waals surface area contributed by atoms with Gasteiger partial charge in [-0.25, -0.2) is 0 Å². The maximum Gasteiger partial charge on any atom is 0.0568 e. The molecule has 0 radical (unpaired) electrons. The highest BCUT2D eigenvalue weighted by Gasteiger charge is 2.50. The number of aliphatic hydroxyl groups is 1. The molecule has 1 nitrogen and oxygen atoms in total. The summed E-state index contributed by atoms with van der Waals surface area (Å²) in [6, 6.07) is 0. The summed E-state index contributed by atoms with van der Waals surface area (Å²) in [6.07, 6.45) is 6.59. The molecule has 0 bridgehead atoms. The van der Waals surface area contributed by atoms with Gasteiger partial charge in [-0.2, -0.15) is 0 Å². The fraction of sp³-hybridized carbons (Fsp3) is 1.00. The minimum atomic E-state index is -0.170. The van der Waals surface area contributed by atoms with E-state index in [4.69, 9.17) is 0 Å². The zero-order chi connectivity index (χ0) is 12.8. The molecule has 1 N–H and O–H groups in total. The van der Waals surface area contributed by atoms with E-state index in [9.17, 15) is 5.11 Å². The lowest BCUT2D eigenvalue weighted by molar-refractivity contribution is -0.0951. The van der Waals surface area contributed by atoms with Crippen molar-refractivity contribution in [3.63, 3.8) is 0 Å². The Kier molecular flexibility index (Phi) is 3.36. The lowest BCUT2D eigenvalue weighted by Gasteiger charge is -2.55. The van der Waals surface area contributed by atoms with Crippen molar-refractivity contribution in [2.75, 3.05) is 0 Å². The van der Waals surface area contributed by atoms with E-state index in [0.717, 1.165) is 11.8 Å². The Balaban J connectivity index is 2.23. The summed E-state index contributed by atoms with van der Waals surface area (Å²) in [6.45, 7) is 11.5. The topological polar surface area (TPSA) is 20.2 Å². The van der Waals surface area contributed by atoms with Crippen molar-refractivity contribution in [1.82, 2.24) is 0 Å². The Morgan fingerprint density at radius 3 is 2.47 bits per heavy atom. The molecule has 100 valence electrons. The van der Waals surface area contributed by atoms with Gasteiger partial charge in [0.2, 0.25) is 0 Å². The van der Waals surface area contributed by atoms with Crippen LogP contribution in [0.25, 0.3) is 0 Å². The highest BCUT2D eigenvalue weighted by molar-refractivity contribution is 5.00. The van der Waals surface area contributed by atoms with Crippen LogP contribution in [0, 0.1) is 28.6 Å². The van der Waals surface area contributed by atoms with E-state index in [1.165, 1.54) is 32.1 Å². The Morgan fingerprint density at radius 2 is 1.88 bits per heavy atom. The molecule has 0 heterocycles. The Hall–Kier alpha value is -0.0400. The summed E-state index contributed by atoms with van der Waals surface area (Å²) in [5.74, 6) is 2.41. The molecular formula is C16H30O. The van der Waals surface area contributed by atoms with Crippen molar-refractivity contribution >= 4 is 0 Å². The van der Waals surface area contributed by atoms with Crippen molar-refractivity contribution < 1.29 is 5.11 Å². The minimum Gasteiger partial charge on any atom is -0.393 e. The van der Waals surface area contributed by atoms with Gasteiger partial charge < -0.3 is 5.11 Å². The van der Waals surface area contributed by atoms with Crippen LogP contribution in [0.15, 0.2) is 0 Å². The largest absolute Gasteiger partial charge is 0.393 e. The molecule has 0 saturated heterocycles. The molecular weight excluding hydrogens is 208 g/mol. The zero-order valence-corrected chi connectivity index (χ0v) is 12.3. The molecule has 2 aliphatic rings. The van der Waals surface area contributed by atoms with Crippen LogP contribution in [-0.2, 0) is 0 Å². The van der Waals surface area contributed by atoms with Gasteiger partial charge in [0.05, 0.1) is 6.10 Å². The molecule has 17 heavy (non-hydrogen) atoms. The summed E-state index contributed by atoms with van der Waals surface area (Å²) in [7, 11) is 0. The first-order chi connectivity index (χ1) is 7.77. The Labute approximate surface area is 107 Å². The average Bonchev–Trinajstić information content (AvgIpc) is 2.21. The lowest BCUT2D eigenvalue weighted by atomic mass is 9.50. The van der Waals surface area contributed by atoms with E-state index in [0.29, 0.717) is 11.3 Å². The van der Waals surface area contributed by atoms with Crippen LogP contribution in [0.1, 0.15) is 66.7 Å². The second kappa shape index (κ2) is 4.26. The van der Waals surface area contributed by atoms with Crippen molar-refractivity contribution in [2.45, 2.75) is 72.8 Å². The monoisotopic (exact) mass is 238 g/mol. The van der Waals surface area contributed by atoms with E-state index in [2.05, 4.69) is 27.7 Å². The molecule has 0 amide bonds. The average molecular weight is 238 g/mol. The van der Waals surface area contributed by atoms with E-state index in [1.807, 2.05) is 6.92 Å². The number of hydrogen-bond donors (Lipinski definition) is 1. The fourth-order valence-corrected chi connectivity index (χ4v) is 4.55. The van der Waals surface area contributed by atoms with Crippen LogP contribution in [0.4, 0.5) is 0 Å². The van der Waals surface area contributed by atoms with Crippen LogP contribution in [0.5, 0.6) is 0 Å². The number of aliphatic hydroxyl groups excluding tert-OH is 1. The van der Waals surface area contributed by atoms with E-state index >= 15 is 0 Å². The molecule has 0 spiro atoms. The number of fused-ring (bicyclic) bond motifs is 1. The smallest absolute Gasteiger partial charge is 0.0568 e. The number of hydrogen-bond acceptors (Lipinski definition) is 1. The van der Waals surface area contributed by atoms with Gasteiger partial charge in [0.15, 0.2) is 0 Å². The third-order valence-corrected chi connectivity index (χ3v) is 6.37. The molecule has 5 atom stereocenters. The van der Waals surface area contributed by atoms with E-state index < -0.39 is 0 Å². The zero-order valence-electron chi connectivity index (χ0n) is 12.3. The van der Waals surface area contributed by atoms with E-state index in [-0.39, 0.29) is 11.5 Å². The fourth-order valence-electron chi connectivity index (χ4n) is 4.55. The standard InChI is InChI=1S/C16H30O/c1-11-9-13-7-6-8-15(3,4)14(13)10-16(11,5)12(2)17/h11-14,17H,6-10H2,1-5H3/t11-,12-,13+,14-,16+/m0/s1. The van der Waals surface area contributed by atoms with Crippen molar-refractivity contribution in [3.05, 3.63) is 0 Å². The number of rotatable bonds is 1. The van der Waals surface area contributed by atoms with Crippen molar-refractivity contribution in [1.29, 1.82) is 0 Å². The first-order valence-corrected chi connectivity index (χ1v) is 7.45. The summed E-state index contributed by atoms with van der Waals surface area (Å²) in [5.41, 5.74) is 0.620. The quantitative estimate of drug-likeness (QED) is 0.724. The van der Waals surface area contributed by atoms with Gasteiger partial charge in [0, 0.05) is 0 Å². The van der Waals surface area contributed by atoms with Crippen LogP contribution in [0.3, 0.4) is 0 Å². The second-order valence-corrected chi connectivity index (χ2v) is 7.77.